The van der Waals surface area contributed by atoms with Crippen molar-refractivity contribution in [2.45, 2.75) is 0 Å². The van der Waals surface area contributed by atoms with Crippen molar-refractivity contribution in [1.82, 2.24) is 0 Å². The maximum atomic E-state index is 2.42. The van der Waals surface area contributed by atoms with Crippen LogP contribution in [0.15, 0.2) is 224 Å². The molecule has 10 rings (SSSR count). The maximum absolute atomic E-state index is 2.42. The third-order valence-electron chi connectivity index (χ3n) is 10.8. The van der Waals surface area contributed by atoms with Crippen LogP contribution in [0.2, 0.25) is 0 Å². The molecule has 0 aliphatic rings. The van der Waals surface area contributed by atoms with Crippen LogP contribution < -0.4 is 4.90 Å². The highest BCUT2D eigenvalue weighted by Crippen LogP contribution is 2.43. The molecule has 0 amide bonds. The summed E-state index contributed by atoms with van der Waals surface area (Å²) in [5.41, 5.74) is 12.9. The Labute approximate surface area is 322 Å². The van der Waals surface area contributed by atoms with Gasteiger partial charge in [0, 0.05) is 17.1 Å². The maximum Gasteiger partial charge on any atom is 0.0468 e. The molecular formula is C54H37N. The van der Waals surface area contributed by atoms with Crippen LogP contribution in [0.25, 0.3) is 76.8 Å². The van der Waals surface area contributed by atoms with E-state index in [0.717, 1.165) is 17.1 Å². The third-order valence-corrected chi connectivity index (χ3v) is 10.8. The van der Waals surface area contributed by atoms with Gasteiger partial charge in [-0.05, 0) is 119 Å². The van der Waals surface area contributed by atoms with Crippen molar-refractivity contribution in [2.24, 2.45) is 0 Å². The highest BCUT2D eigenvalue weighted by Gasteiger charge is 2.19. The van der Waals surface area contributed by atoms with Crippen molar-refractivity contribution in [2.75, 3.05) is 4.90 Å². The van der Waals surface area contributed by atoms with E-state index in [1.807, 2.05) is 0 Å². The lowest BCUT2D eigenvalue weighted by Crippen LogP contribution is -2.10. The summed E-state index contributed by atoms with van der Waals surface area (Å²) in [6, 6.07) is 81.6. The van der Waals surface area contributed by atoms with E-state index in [9.17, 15) is 0 Å². The first-order chi connectivity index (χ1) is 27.3. The Morgan fingerprint density at radius 2 is 0.709 bits per heavy atom. The molecular weight excluding hydrogens is 663 g/mol. The number of anilines is 3. The summed E-state index contributed by atoms with van der Waals surface area (Å²) in [6.07, 6.45) is 0. The second kappa shape index (κ2) is 14.0. The molecule has 0 fully saturated rings. The van der Waals surface area contributed by atoms with E-state index < -0.39 is 0 Å². The predicted molar refractivity (Wildman–Crippen MR) is 235 cm³/mol. The van der Waals surface area contributed by atoms with Crippen LogP contribution >= 0.6 is 0 Å². The van der Waals surface area contributed by atoms with Crippen LogP contribution in [0.5, 0.6) is 0 Å². The number of nitrogens with zero attached hydrogens (tertiary/aromatic N) is 1. The molecule has 0 aliphatic carbocycles. The lowest BCUT2D eigenvalue weighted by atomic mass is 9.92. The number of benzene rings is 10. The Morgan fingerprint density at radius 1 is 0.218 bits per heavy atom. The lowest BCUT2D eigenvalue weighted by Gasteiger charge is -2.28. The first-order valence-corrected chi connectivity index (χ1v) is 18.9. The minimum absolute atomic E-state index is 1.09. The minimum atomic E-state index is 1.09. The Hall–Kier alpha value is -7.22. The first kappa shape index (κ1) is 32.4. The number of hydrogen-bond donors (Lipinski definition) is 0. The van der Waals surface area contributed by atoms with Crippen molar-refractivity contribution in [3.05, 3.63) is 224 Å². The number of rotatable bonds is 7. The summed E-state index contributed by atoms with van der Waals surface area (Å²) in [4.78, 5) is 2.42. The molecule has 0 radical (unpaired) electrons. The summed E-state index contributed by atoms with van der Waals surface area (Å²) in [6.45, 7) is 0. The normalized spacial score (nSPS) is 11.3. The van der Waals surface area contributed by atoms with E-state index in [-0.39, 0.29) is 0 Å². The Bertz CT molecular complexity index is 2980. The van der Waals surface area contributed by atoms with E-state index in [4.69, 9.17) is 0 Å². The van der Waals surface area contributed by atoms with Crippen LogP contribution in [-0.2, 0) is 0 Å². The van der Waals surface area contributed by atoms with Gasteiger partial charge in [0.2, 0.25) is 0 Å². The van der Waals surface area contributed by atoms with Crippen molar-refractivity contribution in [1.29, 1.82) is 0 Å². The third kappa shape index (κ3) is 6.12. The van der Waals surface area contributed by atoms with Gasteiger partial charge in [-0.15, -0.1) is 0 Å². The molecule has 1 heteroatoms. The summed E-state index contributed by atoms with van der Waals surface area (Å²) in [7, 11) is 0. The molecule has 10 aromatic rings. The monoisotopic (exact) mass is 699 g/mol. The summed E-state index contributed by atoms with van der Waals surface area (Å²) in [5, 5.41) is 7.45. The lowest BCUT2D eigenvalue weighted by molar-refractivity contribution is 1.29. The molecule has 0 N–H and O–H groups in total. The van der Waals surface area contributed by atoms with Gasteiger partial charge in [-0.3, -0.25) is 0 Å². The Balaban J connectivity index is 1.18. The average Bonchev–Trinajstić information content (AvgIpc) is 3.27. The zero-order valence-electron chi connectivity index (χ0n) is 30.3. The average molecular weight is 700 g/mol. The summed E-state index contributed by atoms with van der Waals surface area (Å²) < 4.78 is 0. The summed E-state index contributed by atoms with van der Waals surface area (Å²) >= 11 is 0. The van der Waals surface area contributed by atoms with Gasteiger partial charge in [-0.1, -0.05) is 182 Å². The number of hydrogen-bond acceptors (Lipinski definition) is 1. The molecule has 0 aromatic heterocycles. The smallest absolute Gasteiger partial charge is 0.0468 e. The Kier molecular flexibility index (Phi) is 8.24. The highest BCUT2D eigenvalue weighted by molar-refractivity contribution is 6.09. The fourth-order valence-electron chi connectivity index (χ4n) is 8.13. The minimum Gasteiger partial charge on any atom is -0.310 e. The van der Waals surface area contributed by atoms with Crippen LogP contribution in [0.4, 0.5) is 17.1 Å². The van der Waals surface area contributed by atoms with Crippen molar-refractivity contribution >= 4 is 49.4 Å². The standard InChI is InChI=1S/C54H37N/c1-3-15-39(16-4-1)52-33-32-48(37-53(52)40-17-5-2-6-18-40)55(47-31-30-42-28-27-41-19-9-10-23-49(41)54(42)36-47)46-22-13-21-44(35-46)50-24-11-12-25-51(50)45-29-26-38-14-7-8-20-43(38)34-45/h1-37H. The van der Waals surface area contributed by atoms with E-state index >= 15 is 0 Å². The fraction of sp³-hybridized carbons (Fsp3) is 0. The summed E-state index contributed by atoms with van der Waals surface area (Å²) in [5.74, 6) is 0. The zero-order chi connectivity index (χ0) is 36.6. The molecule has 0 unspecified atom stereocenters. The van der Waals surface area contributed by atoms with E-state index in [1.165, 1.54) is 76.8 Å². The Morgan fingerprint density at radius 3 is 1.47 bits per heavy atom. The molecule has 0 saturated heterocycles. The molecule has 0 aliphatic heterocycles. The van der Waals surface area contributed by atoms with Crippen LogP contribution in [-0.4, -0.2) is 0 Å². The zero-order valence-corrected chi connectivity index (χ0v) is 30.3. The van der Waals surface area contributed by atoms with Gasteiger partial charge < -0.3 is 4.90 Å². The second-order valence-electron chi connectivity index (χ2n) is 14.1. The highest BCUT2D eigenvalue weighted by atomic mass is 15.1. The van der Waals surface area contributed by atoms with Crippen molar-refractivity contribution < 1.29 is 0 Å². The topological polar surface area (TPSA) is 3.24 Å². The van der Waals surface area contributed by atoms with Crippen LogP contribution in [0.3, 0.4) is 0 Å². The van der Waals surface area contributed by atoms with E-state index in [1.54, 1.807) is 0 Å². The van der Waals surface area contributed by atoms with Crippen molar-refractivity contribution in [3.8, 4) is 44.5 Å². The predicted octanol–water partition coefficient (Wildman–Crippen LogP) is 15.3. The van der Waals surface area contributed by atoms with Gasteiger partial charge in [-0.2, -0.15) is 0 Å². The van der Waals surface area contributed by atoms with Gasteiger partial charge in [-0.25, -0.2) is 0 Å². The molecule has 0 spiro atoms. The largest absolute Gasteiger partial charge is 0.310 e. The second-order valence-corrected chi connectivity index (χ2v) is 14.1. The quantitative estimate of drug-likeness (QED) is 0.150. The molecule has 258 valence electrons. The van der Waals surface area contributed by atoms with Gasteiger partial charge in [0.25, 0.3) is 0 Å². The van der Waals surface area contributed by atoms with Crippen LogP contribution in [0.1, 0.15) is 0 Å². The van der Waals surface area contributed by atoms with Gasteiger partial charge in [0.05, 0.1) is 0 Å². The van der Waals surface area contributed by atoms with Gasteiger partial charge >= 0.3 is 0 Å². The van der Waals surface area contributed by atoms with Gasteiger partial charge in [0.1, 0.15) is 0 Å². The SMILES string of the molecule is c1ccc(-c2ccc(N(c3cccc(-c4ccccc4-c4ccc5ccccc5c4)c3)c3ccc4ccc5ccccc5c4c3)cc2-c2ccccc2)cc1. The molecule has 1 nitrogen and oxygen atoms in total. The van der Waals surface area contributed by atoms with E-state index in [0.29, 0.717) is 0 Å². The molecule has 0 atom stereocenters. The van der Waals surface area contributed by atoms with Gasteiger partial charge in [0.15, 0.2) is 0 Å². The fourth-order valence-corrected chi connectivity index (χ4v) is 8.13. The molecule has 0 saturated carbocycles. The van der Waals surface area contributed by atoms with Crippen molar-refractivity contribution in [3.63, 3.8) is 0 Å². The molecule has 55 heavy (non-hydrogen) atoms. The number of fused-ring (bicyclic) bond motifs is 4. The first-order valence-electron chi connectivity index (χ1n) is 18.9. The molecule has 0 heterocycles. The molecule has 10 aromatic carbocycles. The van der Waals surface area contributed by atoms with Crippen LogP contribution in [0, 0.1) is 0 Å². The molecule has 0 bridgehead atoms. The van der Waals surface area contributed by atoms with E-state index in [2.05, 4.69) is 229 Å².